The lowest BCUT2D eigenvalue weighted by Gasteiger charge is -2.60. The molecule has 4 aliphatic rings. The van der Waals surface area contributed by atoms with Crippen molar-refractivity contribution in [3.63, 3.8) is 0 Å². The first-order chi connectivity index (χ1) is 11.9. The molecule has 1 amide bonds. The van der Waals surface area contributed by atoms with E-state index in [2.05, 4.69) is 21.2 Å². The third-order valence-electron chi connectivity index (χ3n) is 6.33. The smallest absolute Gasteiger partial charge is 0.225 e. The Hall–Kier alpha value is -1.23. The summed E-state index contributed by atoms with van der Waals surface area (Å²) >= 11 is 4.02. The molecule has 1 aromatic carbocycles. The fourth-order valence-electron chi connectivity index (χ4n) is 5.98. The largest absolute Gasteiger partial charge is 0.497 e. The molecule has 0 unspecified atom stereocenters. The molecule has 4 saturated carbocycles. The summed E-state index contributed by atoms with van der Waals surface area (Å²) in [4.78, 5) is 12.8. The molecular weight excluding hydrogens is 382 g/mol. The van der Waals surface area contributed by atoms with E-state index in [0.29, 0.717) is 17.9 Å². The van der Waals surface area contributed by atoms with E-state index in [0.717, 1.165) is 24.0 Å². The van der Waals surface area contributed by atoms with Crippen LogP contribution >= 0.6 is 15.9 Å². The van der Waals surface area contributed by atoms with Crippen molar-refractivity contribution < 1.29 is 14.3 Å². The molecule has 4 fully saturated rings. The lowest BCUT2D eigenvalue weighted by molar-refractivity contribution is -0.123. The minimum absolute atomic E-state index is 0.0986. The molecule has 4 nitrogen and oxygen atoms in total. The number of rotatable bonds is 5. The highest BCUT2D eigenvalue weighted by Crippen LogP contribution is 2.65. The summed E-state index contributed by atoms with van der Waals surface area (Å²) in [6.45, 7) is 0. The molecule has 0 saturated heterocycles. The van der Waals surface area contributed by atoms with Gasteiger partial charge in [0.15, 0.2) is 0 Å². The van der Waals surface area contributed by atoms with E-state index in [1.807, 2.05) is 12.1 Å². The van der Waals surface area contributed by atoms with Gasteiger partial charge in [-0.3, -0.25) is 4.79 Å². The zero-order valence-electron chi connectivity index (χ0n) is 14.9. The number of ether oxygens (including phenoxy) is 2. The molecule has 4 aliphatic carbocycles. The van der Waals surface area contributed by atoms with Gasteiger partial charge in [0.1, 0.15) is 11.5 Å². The van der Waals surface area contributed by atoms with Crippen molar-refractivity contribution in [2.45, 2.75) is 49.3 Å². The lowest BCUT2D eigenvalue weighted by Crippen LogP contribution is -2.53. The second-order valence-electron chi connectivity index (χ2n) is 8.40. The molecule has 4 bridgehead atoms. The number of amides is 1. The molecular formula is C20H26BrNO3. The Balaban J connectivity index is 1.48. The molecule has 0 aliphatic heterocycles. The van der Waals surface area contributed by atoms with Crippen molar-refractivity contribution in [1.29, 1.82) is 0 Å². The highest BCUT2D eigenvalue weighted by molar-refractivity contribution is 9.10. The molecule has 25 heavy (non-hydrogen) atoms. The normalized spacial score (nSPS) is 35.5. The Morgan fingerprint density at radius 3 is 2.52 bits per heavy atom. The van der Waals surface area contributed by atoms with Crippen molar-refractivity contribution in [1.82, 2.24) is 0 Å². The number of nitrogens with one attached hydrogen (secondary N) is 1. The van der Waals surface area contributed by atoms with Crippen LogP contribution in [0.5, 0.6) is 11.5 Å². The van der Waals surface area contributed by atoms with E-state index in [1.165, 1.54) is 32.1 Å². The van der Waals surface area contributed by atoms with E-state index < -0.39 is 0 Å². The Bertz CT molecular complexity index is 676. The number of carbonyl (C=O) groups excluding carboxylic acids is 1. The second kappa shape index (κ2) is 6.19. The molecule has 0 aromatic heterocycles. The van der Waals surface area contributed by atoms with Gasteiger partial charge in [0.25, 0.3) is 0 Å². The van der Waals surface area contributed by atoms with E-state index in [1.54, 1.807) is 20.3 Å². The minimum atomic E-state index is 0.0986. The maximum atomic E-state index is 12.8. The molecule has 1 N–H and O–H groups in total. The molecule has 0 radical (unpaired) electrons. The van der Waals surface area contributed by atoms with Crippen molar-refractivity contribution in [3.05, 3.63) is 18.2 Å². The van der Waals surface area contributed by atoms with Crippen molar-refractivity contribution >= 4 is 27.5 Å². The number of anilines is 1. The van der Waals surface area contributed by atoms with Crippen LogP contribution in [0.1, 0.15) is 44.9 Å². The lowest BCUT2D eigenvalue weighted by atomic mass is 9.48. The van der Waals surface area contributed by atoms with Crippen LogP contribution in [0, 0.1) is 17.3 Å². The summed E-state index contributed by atoms with van der Waals surface area (Å²) in [6.07, 6.45) is 8.12. The number of alkyl halides is 1. The van der Waals surface area contributed by atoms with Crippen molar-refractivity contribution in [3.8, 4) is 11.5 Å². The second-order valence-corrected chi connectivity index (χ2v) is 10.1. The van der Waals surface area contributed by atoms with Crippen LogP contribution in [-0.4, -0.2) is 24.5 Å². The Labute approximate surface area is 157 Å². The van der Waals surface area contributed by atoms with Crippen LogP contribution in [0.25, 0.3) is 0 Å². The van der Waals surface area contributed by atoms with Gasteiger partial charge < -0.3 is 14.8 Å². The van der Waals surface area contributed by atoms with Crippen LogP contribution in [-0.2, 0) is 4.79 Å². The van der Waals surface area contributed by atoms with Crippen molar-refractivity contribution in [2.24, 2.45) is 17.3 Å². The highest BCUT2D eigenvalue weighted by atomic mass is 79.9. The van der Waals surface area contributed by atoms with Crippen molar-refractivity contribution in [2.75, 3.05) is 19.5 Å². The van der Waals surface area contributed by atoms with Crippen LogP contribution in [0.2, 0.25) is 0 Å². The van der Waals surface area contributed by atoms with E-state index in [4.69, 9.17) is 9.47 Å². The first-order valence-corrected chi connectivity index (χ1v) is 9.93. The summed E-state index contributed by atoms with van der Waals surface area (Å²) in [7, 11) is 3.23. The summed E-state index contributed by atoms with van der Waals surface area (Å²) < 4.78 is 10.9. The molecule has 5 rings (SSSR count). The van der Waals surface area contributed by atoms with Gasteiger partial charge in [0.2, 0.25) is 5.91 Å². The first-order valence-electron chi connectivity index (χ1n) is 9.13. The van der Waals surface area contributed by atoms with E-state index in [-0.39, 0.29) is 15.6 Å². The SMILES string of the molecule is COc1ccc(NC(=O)CC23C[C@H]4C[C@@H](CC(Br)(C4)C2)C3)c(OC)c1. The van der Waals surface area contributed by atoms with Gasteiger partial charge in [0, 0.05) is 16.8 Å². The topological polar surface area (TPSA) is 47.6 Å². The average molecular weight is 408 g/mol. The Kier molecular flexibility index (Phi) is 4.25. The number of hydrogen-bond acceptors (Lipinski definition) is 3. The zero-order valence-corrected chi connectivity index (χ0v) is 16.5. The summed E-state index contributed by atoms with van der Waals surface area (Å²) in [5.41, 5.74) is 0.892. The first kappa shape index (κ1) is 17.2. The number of hydrogen-bond donors (Lipinski definition) is 1. The molecule has 0 heterocycles. The van der Waals surface area contributed by atoms with Gasteiger partial charge in [-0.1, -0.05) is 15.9 Å². The predicted molar refractivity (Wildman–Crippen MR) is 102 cm³/mol. The van der Waals surface area contributed by atoms with Gasteiger partial charge in [0.05, 0.1) is 19.9 Å². The third-order valence-corrected chi connectivity index (χ3v) is 7.26. The summed E-state index contributed by atoms with van der Waals surface area (Å²) in [5.74, 6) is 3.04. The standard InChI is InChI=1S/C20H26BrNO3/c1-24-15-3-4-16(17(6-15)25-2)22-18(23)11-19-7-13-5-14(8-19)10-20(21,9-13)12-19/h3-4,6,13-14H,5,7-12H2,1-2H3,(H,22,23)/t13-,14-,19?,20?/m1/s1. The Morgan fingerprint density at radius 1 is 1.20 bits per heavy atom. The Morgan fingerprint density at radius 2 is 1.92 bits per heavy atom. The maximum absolute atomic E-state index is 12.8. The molecule has 0 spiro atoms. The van der Waals surface area contributed by atoms with E-state index in [9.17, 15) is 4.79 Å². The molecule has 2 atom stereocenters. The van der Waals surface area contributed by atoms with Crippen LogP contribution in [0.15, 0.2) is 18.2 Å². The van der Waals surface area contributed by atoms with Gasteiger partial charge >= 0.3 is 0 Å². The minimum Gasteiger partial charge on any atom is -0.497 e. The molecule has 5 heteroatoms. The van der Waals surface area contributed by atoms with Crippen LogP contribution in [0.3, 0.4) is 0 Å². The number of methoxy groups -OCH3 is 2. The monoisotopic (exact) mass is 407 g/mol. The number of benzene rings is 1. The van der Waals surface area contributed by atoms with Gasteiger partial charge in [-0.2, -0.15) is 0 Å². The molecule has 136 valence electrons. The summed E-state index contributed by atoms with van der Waals surface area (Å²) in [6, 6.07) is 5.49. The summed E-state index contributed by atoms with van der Waals surface area (Å²) in [5, 5.41) is 3.07. The predicted octanol–water partition coefficient (Wildman–Crippen LogP) is 4.77. The fourth-order valence-corrected chi connectivity index (χ4v) is 7.49. The molecule has 1 aromatic rings. The van der Waals surface area contributed by atoms with Gasteiger partial charge in [-0.05, 0) is 67.9 Å². The van der Waals surface area contributed by atoms with E-state index >= 15 is 0 Å². The highest BCUT2D eigenvalue weighted by Gasteiger charge is 2.57. The number of halogens is 1. The zero-order chi connectivity index (χ0) is 17.7. The maximum Gasteiger partial charge on any atom is 0.225 e. The van der Waals surface area contributed by atoms with Crippen LogP contribution in [0.4, 0.5) is 5.69 Å². The third kappa shape index (κ3) is 3.27. The quantitative estimate of drug-likeness (QED) is 0.715. The number of carbonyl (C=O) groups is 1. The fraction of sp³-hybridized carbons (Fsp3) is 0.650. The van der Waals surface area contributed by atoms with Gasteiger partial charge in [-0.25, -0.2) is 0 Å². The van der Waals surface area contributed by atoms with Gasteiger partial charge in [-0.15, -0.1) is 0 Å². The van der Waals surface area contributed by atoms with Crippen LogP contribution < -0.4 is 14.8 Å². The average Bonchev–Trinajstić information content (AvgIpc) is 2.52.